The summed E-state index contributed by atoms with van der Waals surface area (Å²) in [6.07, 6.45) is 5.54. The Hall–Kier alpha value is -1.21. The molecule has 4 nitrogen and oxygen atoms in total. The third-order valence-electron chi connectivity index (χ3n) is 1.88. The zero-order valence-corrected chi connectivity index (χ0v) is 5.46. The molecule has 10 heavy (non-hydrogen) atoms. The van der Waals surface area contributed by atoms with E-state index in [1.165, 1.54) is 0 Å². The predicted octanol–water partition coefficient (Wildman–Crippen LogP) is -0.161. The summed E-state index contributed by atoms with van der Waals surface area (Å²) in [5, 5.41) is 10.5. The molecular formula is C6H8N4. The number of nitrogens with zero attached hydrogens (tertiary/aromatic N) is 2. The average Bonchev–Trinajstić information content (AvgIpc) is 2.58. The van der Waals surface area contributed by atoms with Crippen LogP contribution in [0.5, 0.6) is 0 Å². The van der Waals surface area contributed by atoms with E-state index in [0.717, 1.165) is 12.8 Å². The van der Waals surface area contributed by atoms with E-state index in [1.54, 1.807) is 6.20 Å². The van der Waals surface area contributed by atoms with Gasteiger partial charge >= 0.3 is 0 Å². The molecule has 2 rings (SSSR count). The minimum atomic E-state index is -0.250. The molecule has 2 aliphatic rings. The van der Waals surface area contributed by atoms with Crippen molar-refractivity contribution in [2.24, 2.45) is 0 Å². The predicted molar refractivity (Wildman–Crippen MR) is 34.8 cm³/mol. The molecular weight excluding hydrogens is 128 g/mol. The molecule has 1 heterocycles. The van der Waals surface area contributed by atoms with Gasteiger partial charge in [-0.1, -0.05) is 0 Å². The maximum absolute atomic E-state index is 8.72. The van der Waals surface area contributed by atoms with Gasteiger partial charge in [0.1, 0.15) is 5.54 Å². The molecule has 0 radical (unpaired) electrons. The average molecular weight is 136 g/mol. The van der Waals surface area contributed by atoms with Crippen molar-refractivity contribution in [3.8, 4) is 6.07 Å². The van der Waals surface area contributed by atoms with Gasteiger partial charge in [-0.25, -0.2) is 0 Å². The lowest BCUT2D eigenvalue weighted by atomic mass is 10.3. The molecule has 0 spiro atoms. The minimum Gasteiger partial charge on any atom is -0.310 e. The second-order valence-corrected chi connectivity index (χ2v) is 2.59. The molecule has 0 atom stereocenters. The summed E-state index contributed by atoms with van der Waals surface area (Å²) in [4.78, 5) is 0. The Labute approximate surface area is 59.1 Å². The van der Waals surface area contributed by atoms with Crippen LogP contribution in [0.2, 0.25) is 0 Å². The zero-order chi connectivity index (χ0) is 7.03. The van der Waals surface area contributed by atoms with Crippen molar-refractivity contribution in [3.05, 3.63) is 12.4 Å². The highest BCUT2D eigenvalue weighted by Gasteiger charge is 2.48. The normalized spacial score (nSPS) is 25.7. The van der Waals surface area contributed by atoms with Crippen molar-refractivity contribution in [3.63, 3.8) is 0 Å². The molecule has 1 aliphatic carbocycles. The van der Waals surface area contributed by atoms with Crippen LogP contribution < -0.4 is 11.0 Å². The first-order chi connectivity index (χ1) is 4.87. The molecule has 0 saturated heterocycles. The Bertz CT molecular complexity index is 210. The Kier molecular flexibility index (Phi) is 0.914. The topological polar surface area (TPSA) is 51.1 Å². The maximum Gasteiger partial charge on any atom is 0.143 e. The van der Waals surface area contributed by atoms with Crippen LogP contribution in [-0.2, 0) is 0 Å². The van der Waals surface area contributed by atoms with Gasteiger partial charge in [-0.05, 0) is 12.8 Å². The van der Waals surface area contributed by atoms with Gasteiger partial charge in [0.05, 0.1) is 6.07 Å². The van der Waals surface area contributed by atoms with E-state index >= 15 is 0 Å². The van der Waals surface area contributed by atoms with E-state index in [9.17, 15) is 0 Å². The Morgan fingerprint density at radius 1 is 1.60 bits per heavy atom. The van der Waals surface area contributed by atoms with Crippen molar-refractivity contribution in [1.29, 1.82) is 5.26 Å². The fourth-order valence-electron chi connectivity index (χ4n) is 1.03. The number of hydrogen-bond acceptors (Lipinski definition) is 4. The lowest BCUT2D eigenvalue weighted by Gasteiger charge is -2.19. The number of rotatable bonds is 1. The summed E-state index contributed by atoms with van der Waals surface area (Å²) >= 11 is 0. The standard InChI is InChI=1S/C6H8N4/c7-5-6(1-2-6)10-4-3-8-9-10/h3-4,8-9H,1-2H2. The van der Waals surface area contributed by atoms with Crippen molar-refractivity contribution < 1.29 is 0 Å². The summed E-state index contributed by atoms with van der Waals surface area (Å²) < 4.78 is 0. The highest BCUT2D eigenvalue weighted by atomic mass is 15.7. The van der Waals surface area contributed by atoms with Crippen molar-refractivity contribution in [1.82, 2.24) is 16.0 Å². The molecule has 4 heteroatoms. The van der Waals surface area contributed by atoms with Gasteiger partial charge in [-0.15, -0.1) is 5.53 Å². The number of nitrogens with one attached hydrogen (secondary N) is 2. The Morgan fingerprint density at radius 3 is 2.80 bits per heavy atom. The van der Waals surface area contributed by atoms with Gasteiger partial charge in [0.25, 0.3) is 0 Å². The molecule has 0 aromatic heterocycles. The Balaban J connectivity index is 2.12. The van der Waals surface area contributed by atoms with E-state index in [0.29, 0.717) is 0 Å². The van der Waals surface area contributed by atoms with Gasteiger partial charge in [0.2, 0.25) is 0 Å². The molecule has 0 unspecified atom stereocenters. The van der Waals surface area contributed by atoms with Crippen LogP contribution >= 0.6 is 0 Å². The molecule has 0 aromatic carbocycles. The van der Waals surface area contributed by atoms with E-state index in [4.69, 9.17) is 5.26 Å². The quantitative estimate of drug-likeness (QED) is 0.526. The zero-order valence-electron chi connectivity index (χ0n) is 5.46. The molecule has 0 aromatic rings. The molecule has 1 saturated carbocycles. The first-order valence-corrected chi connectivity index (χ1v) is 3.26. The second kappa shape index (κ2) is 1.64. The van der Waals surface area contributed by atoms with Crippen LogP contribution in [0, 0.1) is 11.3 Å². The van der Waals surface area contributed by atoms with Gasteiger partial charge in [-0.3, -0.25) is 5.01 Å². The summed E-state index contributed by atoms with van der Waals surface area (Å²) in [5.74, 6) is 0. The van der Waals surface area contributed by atoms with Crippen LogP contribution in [0.15, 0.2) is 12.4 Å². The van der Waals surface area contributed by atoms with Crippen molar-refractivity contribution in [2.45, 2.75) is 18.4 Å². The second-order valence-electron chi connectivity index (χ2n) is 2.59. The first kappa shape index (κ1) is 5.57. The maximum atomic E-state index is 8.72. The van der Waals surface area contributed by atoms with E-state index in [1.807, 2.05) is 11.2 Å². The summed E-state index contributed by atoms with van der Waals surface area (Å²) in [6.45, 7) is 0. The first-order valence-electron chi connectivity index (χ1n) is 3.26. The molecule has 52 valence electrons. The minimum absolute atomic E-state index is 0.250. The lowest BCUT2D eigenvalue weighted by molar-refractivity contribution is 0.218. The number of hydrogen-bond donors (Lipinski definition) is 2. The van der Waals surface area contributed by atoms with Crippen molar-refractivity contribution in [2.75, 3.05) is 0 Å². The SMILES string of the molecule is N#CC1(N2C=CNN2)CC1. The monoisotopic (exact) mass is 136 g/mol. The van der Waals surface area contributed by atoms with Crippen LogP contribution in [0.3, 0.4) is 0 Å². The summed E-state index contributed by atoms with van der Waals surface area (Å²) in [6, 6.07) is 2.27. The number of hydrazine groups is 2. The third kappa shape index (κ3) is 0.581. The van der Waals surface area contributed by atoms with Gasteiger partial charge in [0.15, 0.2) is 0 Å². The summed E-state index contributed by atoms with van der Waals surface area (Å²) in [7, 11) is 0. The van der Waals surface area contributed by atoms with Crippen LogP contribution in [-0.4, -0.2) is 10.5 Å². The van der Waals surface area contributed by atoms with E-state index in [2.05, 4.69) is 17.0 Å². The molecule has 2 N–H and O–H groups in total. The van der Waals surface area contributed by atoms with Gasteiger partial charge < -0.3 is 5.43 Å². The van der Waals surface area contributed by atoms with Crippen LogP contribution in [0.25, 0.3) is 0 Å². The summed E-state index contributed by atoms with van der Waals surface area (Å²) in [5.41, 5.74) is 5.41. The smallest absolute Gasteiger partial charge is 0.143 e. The van der Waals surface area contributed by atoms with E-state index in [-0.39, 0.29) is 5.54 Å². The fourth-order valence-corrected chi connectivity index (χ4v) is 1.03. The number of nitriles is 1. The molecule has 0 bridgehead atoms. The largest absolute Gasteiger partial charge is 0.310 e. The molecule has 0 amide bonds. The van der Waals surface area contributed by atoms with Crippen LogP contribution in [0.4, 0.5) is 0 Å². The Morgan fingerprint density at radius 2 is 2.40 bits per heavy atom. The van der Waals surface area contributed by atoms with Crippen LogP contribution in [0.1, 0.15) is 12.8 Å². The highest BCUT2D eigenvalue weighted by molar-refractivity contribution is 5.21. The lowest BCUT2D eigenvalue weighted by Crippen LogP contribution is -2.43. The highest BCUT2D eigenvalue weighted by Crippen LogP contribution is 2.40. The van der Waals surface area contributed by atoms with E-state index < -0.39 is 0 Å². The van der Waals surface area contributed by atoms with Gasteiger partial charge in [0, 0.05) is 12.4 Å². The van der Waals surface area contributed by atoms with Gasteiger partial charge in [-0.2, -0.15) is 5.26 Å². The molecule has 1 aliphatic heterocycles. The fraction of sp³-hybridized carbons (Fsp3) is 0.500. The van der Waals surface area contributed by atoms with Crippen molar-refractivity contribution >= 4 is 0 Å². The molecule has 1 fully saturated rings. The third-order valence-corrected chi connectivity index (χ3v) is 1.88.